The summed E-state index contributed by atoms with van der Waals surface area (Å²) in [5.74, 6) is 0.209. The van der Waals surface area contributed by atoms with Gasteiger partial charge in [-0.05, 0) is 19.1 Å². The van der Waals surface area contributed by atoms with E-state index in [1.54, 1.807) is 6.92 Å². The van der Waals surface area contributed by atoms with Crippen molar-refractivity contribution >= 4 is 38.5 Å². The van der Waals surface area contributed by atoms with E-state index in [9.17, 15) is 21.6 Å². The number of hydrogen-bond donors (Lipinski definition) is 3. The van der Waals surface area contributed by atoms with Crippen LogP contribution in [0.1, 0.15) is 12.5 Å². The number of hydrogen-bond acceptors (Lipinski definition) is 8. The molecule has 3 heterocycles. The van der Waals surface area contributed by atoms with E-state index >= 15 is 0 Å². The minimum atomic E-state index is -4.58. The van der Waals surface area contributed by atoms with E-state index in [1.165, 1.54) is 29.6 Å². The molecule has 0 spiro atoms. The number of anilines is 3. The Labute approximate surface area is 193 Å². The van der Waals surface area contributed by atoms with Crippen LogP contribution in [0.3, 0.4) is 0 Å². The Hall–Kier alpha value is -3.10. The first-order chi connectivity index (χ1) is 16.1. The van der Waals surface area contributed by atoms with Crippen molar-refractivity contribution in [2.75, 3.05) is 50.6 Å². The summed E-state index contributed by atoms with van der Waals surface area (Å²) in [7, 11) is -2.37. The maximum Gasteiger partial charge on any atom is 0.418 e. The number of nitrogens with zero attached hydrogens (tertiary/aromatic N) is 3. The van der Waals surface area contributed by atoms with Gasteiger partial charge >= 0.3 is 6.18 Å². The predicted octanol–water partition coefficient (Wildman–Crippen LogP) is 3.18. The lowest BCUT2D eigenvalue weighted by Crippen LogP contribution is -2.40. The van der Waals surface area contributed by atoms with Crippen LogP contribution in [-0.4, -0.2) is 67.6 Å². The lowest BCUT2D eigenvalue weighted by atomic mass is 10.2. The van der Waals surface area contributed by atoms with E-state index in [4.69, 9.17) is 9.47 Å². The molecule has 3 aromatic rings. The van der Waals surface area contributed by atoms with Gasteiger partial charge in [-0.15, -0.1) is 0 Å². The zero-order valence-corrected chi connectivity index (χ0v) is 19.2. The van der Waals surface area contributed by atoms with E-state index < -0.39 is 21.8 Å². The monoisotopic (exact) mass is 500 g/mol. The first-order valence-electron chi connectivity index (χ1n) is 10.4. The number of rotatable bonds is 7. The number of ether oxygens (including phenoxy) is 2. The van der Waals surface area contributed by atoms with Crippen LogP contribution >= 0.6 is 0 Å². The van der Waals surface area contributed by atoms with Crippen LogP contribution in [0, 0.1) is 0 Å². The molecule has 10 nitrogen and oxygen atoms in total. The van der Waals surface area contributed by atoms with Crippen LogP contribution in [0.25, 0.3) is 11.0 Å². The first kappa shape index (κ1) is 24.0. The summed E-state index contributed by atoms with van der Waals surface area (Å²) in [4.78, 5) is 10.9. The van der Waals surface area contributed by atoms with Gasteiger partial charge in [0.15, 0.2) is 0 Å². The van der Waals surface area contributed by atoms with Gasteiger partial charge in [-0.2, -0.15) is 27.4 Å². The standard InChI is InChI=1S/C20H23F3N6O4S/c1-3-24-17-16-13(20(21,22)23)11-25-18(16)28-19(27-17)26-14-5-4-12(10-15(14)32-2)34(30,31)29-6-8-33-9-7-29/h4-5,10-11H,3,6-9H2,1-2H3,(H3,24,25,26,27,28). The largest absolute Gasteiger partial charge is 0.495 e. The van der Waals surface area contributed by atoms with Crippen LogP contribution < -0.4 is 15.4 Å². The second-order valence-corrected chi connectivity index (χ2v) is 9.29. The molecule has 0 saturated carbocycles. The van der Waals surface area contributed by atoms with Gasteiger partial charge in [-0.25, -0.2) is 8.42 Å². The highest BCUT2D eigenvalue weighted by Crippen LogP contribution is 2.38. The fourth-order valence-electron chi connectivity index (χ4n) is 3.60. The normalized spacial score (nSPS) is 15.4. The molecule has 3 N–H and O–H groups in total. The molecule has 0 aliphatic carbocycles. The highest BCUT2D eigenvalue weighted by atomic mass is 32.2. The summed E-state index contributed by atoms with van der Waals surface area (Å²) in [6.45, 7) is 3.21. The first-order valence-corrected chi connectivity index (χ1v) is 11.8. The van der Waals surface area contributed by atoms with Gasteiger partial charge in [-0.1, -0.05) is 0 Å². The average molecular weight is 501 g/mol. The minimum Gasteiger partial charge on any atom is -0.495 e. The number of H-pyrrole nitrogens is 1. The summed E-state index contributed by atoms with van der Waals surface area (Å²) in [6, 6.07) is 4.27. The molecule has 184 valence electrons. The quantitative estimate of drug-likeness (QED) is 0.452. The van der Waals surface area contributed by atoms with Crippen molar-refractivity contribution in [2.45, 2.75) is 18.0 Å². The maximum atomic E-state index is 13.4. The van der Waals surface area contributed by atoms with E-state index in [1.807, 2.05) is 0 Å². The number of benzene rings is 1. The van der Waals surface area contributed by atoms with Crippen molar-refractivity contribution in [3.63, 3.8) is 0 Å². The van der Waals surface area contributed by atoms with Crippen molar-refractivity contribution in [1.29, 1.82) is 0 Å². The van der Waals surface area contributed by atoms with Gasteiger partial charge in [0.25, 0.3) is 0 Å². The Morgan fingerprint density at radius 2 is 1.97 bits per heavy atom. The van der Waals surface area contributed by atoms with E-state index in [0.29, 0.717) is 25.4 Å². The SMILES string of the molecule is CCNc1nc(Nc2ccc(S(=O)(=O)N3CCOCC3)cc2OC)nc2[nH]cc(C(F)(F)F)c12. The fourth-order valence-corrected chi connectivity index (χ4v) is 5.02. The van der Waals surface area contributed by atoms with E-state index in [2.05, 4.69) is 25.6 Å². The lowest BCUT2D eigenvalue weighted by Gasteiger charge is -2.26. The maximum absolute atomic E-state index is 13.4. The van der Waals surface area contributed by atoms with Crippen molar-refractivity contribution < 1.29 is 31.1 Å². The Morgan fingerprint density at radius 1 is 1.24 bits per heavy atom. The minimum absolute atomic E-state index is 0.00103. The molecular weight excluding hydrogens is 477 g/mol. The highest BCUT2D eigenvalue weighted by molar-refractivity contribution is 7.89. The van der Waals surface area contributed by atoms with Crippen LogP contribution in [0.2, 0.25) is 0 Å². The number of aromatic nitrogens is 3. The molecule has 0 atom stereocenters. The molecule has 4 rings (SSSR count). The molecule has 0 bridgehead atoms. The Bertz CT molecular complexity index is 1290. The summed E-state index contributed by atoms with van der Waals surface area (Å²) in [5.41, 5.74) is -0.542. The third kappa shape index (κ3) is 4.60. The molecule has 14 heteroatoms. The smallest absolute Gasteiger partial charge is 0.418 e. The zero-order chi connectivity index (χ0) is 24.5. The topological polar surface area (TPSA) is 121 Å². The summed E-state index contributed by atoms with van der Waals surface area (Å²) < 4.78 is 78.0. The molecule has 1 saturated heterocycles. The predicted molar refractivity (Wildman–Crippen MR) is 119 cm³/mol. The number of sulfonamides is 1. The molecule has 1 fully saturated rings. The number of nitrogens with one attached hydrogen (secondary N) is 3. The Morgan fingerprint density at radius 3 is 2.62 bits per heavy atom. The molecule has 1 aliphatic rings. The molecule has 1 aromatic carbocycles. The van der Waals surface area contributed by atoms with Gasteiger partial charge in [0.05, 0.1) is 41.9 Å². The van der Waals surface area contributed by atoms with E-state index in [-0.39, 0.29) is 46.5 Å². The van der Waals surface area contributed by atoms with Gasteiger partial charge in [0.1, 0.15) is 17.2 Å². The van der Waals surface area contributed by atoms with Gasteiger partial charge in [0.2, 0.25) is 16.0 Å². The number of alkyl halides is 3. The number of morpholine rings is 1. The second kappa shape index (κ2) is 9.27. The molecular formula is C20H23F3N6O4S. The zero-order valence-electron chi connectivity index (χ0n) is 18.4. The van der Waals surface area contributed by atoms with Gasteiger partial charge in [-0.3, -0.25) is 0 Å². The van der Waals surface area contributed by atoms with Crippen LogP contribution in [0.4, 0.5) is 30.6 Å². The third-order valence-electron chi connectivity index (χ3n) is 5.21. The molecule has 34 heavy (non-hydrogen) atoms. The molecule has 0 radical (unpaired) electrons. The second-order valence-electron chi connectivity index (χ2n) is 7.35. The fraction of sp³-hybridized carbons (Fsp3) is 0.400. The molecule has 2 aromatic heterocycles. The number of methoxy groups -OCH3 is 1. The third-order valence-corrected chi connectivity index (χ3v) is 7.10. The molecule has 1 aliphatic heterocycles. The summed E-state index contributed by atoms with van der Waals surface area (Å²) in [5, 5.41) is 5.57. The van der Waals surface area contributed by atoms with Crippen molar-refractivity contribution in [2.24, 2.45) is 0 Å². The highest BCUT2D eigenvalue weighted by Gasteiger charge is 2.35. The summed E-state index contributed by atoms with van der Waals surface area (Å²) in [6.07, 6.45) is -3.73. The van der Waals surface area contributed by atoms with Crippen LogP contribution in [-0.2, 0) is 20.9 Å². The number of halogens is 3. The Balaban J connectivity index is 1.69. The van der Waals surface area contributed by atoms with E-state index in [0.717, 1.165) is 6.20 Å². The van der Waals surface area contributed by atoms with Gasteiger partial charge < -0.3 is 25.1 Å². The summed E-state index contributed by atoms with van der Waals surface area (Å²) >= 11 is 0. The molecule has 0 amide bonds. The van der Waals surface area contributed by atoms with Crippen molar-refractivity contribution in [3.05, 3.63) is 30.0 Å². The molecule has 0 unspecified atom stereocenters. The van der Waals surface area contributed by atoms with Crippen LogP contribution in [0.15, 0.2) is 29.3 Å². The number of aromatic amines is 1. The van der Waals surface area contributed by atoms with Crippen LogP contribution in [0.5, 0.6) is 5.75 Å². The number of fused-ring (bicyclic) bond motifs is 1. The lowest BCUT2D eigenvalue weighted by molar-refractivity contribution is -0.136. The van der Waals surface area contributed by atoms with Gasteiger partial charge in [0, 0.05) is 31.9 Å². The van der Waals surface area contributed by atoms with Crippen molar-refractivity contribution in [1.82, 2.24) is 19.3 Å². The Kier molecular flexibility index (Phi) is 6.55. The average Bonchev–Trinajstić information content (AvgIpc) is 3.25. The van der Waals surface area contributed by atoms with Crippen molar-refractivity contribution in [3.8, 4) is 5.75 Å².